The van der Waals surface area contributed by atoms with E-state index in [1.165, 1.54) is 11.3 Å². The zero-order valence-corrected chi connectivity index (χ0v) is 16.3. The highest BCUT2D eigenvalue weighted by atomic mass is 32.1. The first-order valence-electron chi connectivity index (χ1n) is 8.38. The third-order valence-corrected chi connectivity index (χ3v) is 5.52. The molecule has 0 unspecified atom stereocenters. The van der Waals surface area contributed by atoms with E-state index in [9.17, 15) is 14.7 Å². The fourth-order valence-corrected chi connectivity index (χ4v) is 3.47. The van der Waals surface area contributed by atoms with E-state index >= 15 is 0 Å². The molecule has 0 atom stereocenters. The number of nitrogens with one attached hydrogen (secondary N) is 1. The Labute approximate surface area is 160 Å². The number of carbonyl (C=O) groups excluding carboxylic acids is 1. The molecule has 2 aromatic heterocycles. The number of hydrogen-bond donors (Lipinski definition) is 2. The molecule has 0 bridgehead atoms. The number of carboxylic acids is 1. The smallest absolute Gasteiger partial charge is 0.313 e. The van der Waals surface area contributed by atoms with Gasteiger partial charge in [0.2, 0.25) is 0 Å². The third kappa shape index (κ3) is 3.78. The Morgan fingerprint density at radius 3 is 2.33 bits per heavy atom. The largest absolute Gasteiger partial charge is 0.481 e. The highest BCUT2D eigenvalue weighted by molar-refractivity contribution is 7.17. The second-order valence-corrected chi connectivity index (χ2v) is 7.80. The van der Waals surface area contributed by atoms with Crippen LogP contribution < -0.4 is 5.32 Å². The summed E-state index contributed by atoms with van der Waals surface area (Å²) in [7, 11) is 0. The van der Waals surface area contributed by atoms with Crippen molar-refractivity contribution in [1.82, 2.24) is 4.98 Å². The van der Waals surface area contributed by atoms with Crippen LogP contribution in [0.3, 0.4) is 0 Å². The lowest BCUT2D eigenvalue weighted by atomic mass is 9.85. The summed E-state index contributed by atoms with van der Waals surface area (Å²) in [6.07, 6.45) is 0. The Morgan fingerprint density at radius 2 is 1.78 bits per heavy atom. The first-order valence-corrected chi connectivity index (χ1v) is 9.19. The summed E-state index contributed by atoms with van der Waals surface area (Å²) in [5, 5.41) is 12.8. The molecule has 0 saturated carbocycles. The van der Waals surface area contributed by atoms with Crippen molar-refractivity contribution in [3.8, 4) is 10.8 Å². The molecule has 6 nitrogen and oxygen atoms in total. The zero-order valence-electron chi connectivity index (χ0n) is 15.5. The summed E-state index contributed by atoms with van der Waals surface area (Å²) in [4.78, 5) is 28.9. The number of aryl methyl sites for hydroxylation is 2. The van der Waals surface area contributed by atoms with Gasteiger partial charge in [-0.1, -0.05) is 12.1 Å². The second kappa shape index (κ2) is 7.00. The van der Waals surface area contributed by atoms with Crippen LogP contribution in [-0.4, -0.2) is 22.0 Å². The van der Waals surface area contributed by atoms with Crippen LogP contribution in [0.5, 0.6) is 0 Å². The molecule has 140 valence electrons. The van der Waals surface area contributed by atoms with Crippen molar-refractivity contribution in [3.05, 3.63) is 58.3 Å². The van der Waals surface area contributed by atoms with Crippen LogP contribution in [0.4, 0.5) is 5.69 Å². The number of amides is 1. The molecule has 3 rings (SSSR count). The molecular formula is C20H20N2O4S. The van der Waals surface area contributed by atoms with Gasteiger partial charge in [0.25, 0.3) is 5.91 Å². The van der Waals surface area contributed by atoms with Crippen molar-refractivity contribution in [1.29, 1.82) is 0 Å². The van der Waals surface area contributed by atoms with Gasteiger partial charge in [-0.2, -0.15) is 0 Å². The Morgan fingerprint density at radius 1 is 1.11 bits per heavy atom. The van der Waals surface area contributed by atoms with Crippen LogP contribution in [0.2, 0.25) is 0 Å². The summed E-state index contributed by atoms with van der Waals surface area (Å²) in [5.41, 5.74) is 0.892. The first kappa shape index (κ1) is 18.8. The van der Waals surface area contributed by atoms with E-state index in [1.54, 1.807) is 45.0 Å². The van der Waals surface area contributed by atoms with Crippen molar-refractivity contribution >= 4 is 28.9 Å². The van der Waals surface area contributed by atoms with E-state index in [0.29, 0.717) is 32.6 Å². The number of thiazole rings is 1. The molecule has 2 heterocycles. The van der Waals surface area contributed by atoms with E-state index in [2.05, 4.69) is 10.3 Å². The van der Waals surface area contributed by atoms with Gasteiger partial charge in [0.1, 0.15) is 10.6 Å². The number of carbonyl (C=O) groups is 2. The second-order valence-electron chi connectivity index (χ2n) is 6.81. The summed E-state index contributed by atoms with van der Waals surface area (Å²) >= 11 is 1.27. The topological polar surface area (TPSA) is 92.4 Å². The van der Waals surface area contributed by atoms with E-state index < -0.39 is 11.4 Å². The molecule has 0 radical (unpaired) electrons. The average Bonchev–Trinajstić information content (AvgIpc) is 3.21. The van der Waals surface area contributed by atoms with Gasteiger partial charge in [0.05, 0.1) is 11.1 Å². The van der Waals surface area contributed by atoms with Gasteiger partial charge in [-0.25, -0.2) is 4.98 Å². The maximum Gasteiger partial charge on any atom is 0.313 e. The Bertz CT molecular complexity index is 999. The van der Waals surface area contributed by atoms with Gasteiger partial charge >= 0.3 is 5.97 Å². The summed E-state index contributed by atoms with van der Waals surface area (Å²) < 4.78 is 5.57. The maximum absolute atomic E-state index is 12.6. The van der Waals surface area contributed by atoms with Crippen molar-refractivity contribution in [2.24, 2.45) is 0 Å². The fourth-order valence-electron chi connectivity index (χ4n) is 2.54. The molecule has 7 heteroatoms. The number of hydrogen-bond acceptors (Lipinski definition) is 5. The van der Waals surface area contributed by atoms with Gasteiger partial charge in [0, 0.05) is 5.69 Å². The van der Waals surface area contributed by atoms with Crippen molar-refractivity contribution in [2.45, 2.75) is 33.1 Å². The molecule has 1 aromatic carbocycles. The molecule has 0 aliphatic carbocycles. The lowest BCUT2D eigenvalue weighted by Crippen LogP contribution is -2.28. The molecule has 1 amide bonds. The van der Waals surface area contributed by atoms with Crippen molar-refractivity contribution in [2.75, 3.05) is 5.32 Å². The predicted molar refractivity (Wildman–Crippen MR) is 104 cm³/mol. The number of nitrogens with zero attached hydrogens (tertiary/aromatic N) is 1. The number of carboxylic acid groups (broad SMARTS) is 1. The quantitative estimate of drug-likeness (QED) is 0.669. The molecule has 0 saturated heterocycles. The van der Waals surface area contributed by atoms with Crippen LogP contribution in [0.1, 0.15) is 40.5 Å². The number of aliphatic carboxylic acids is 1. The van der Waals surface area contributed by atoms with Gasteiger partial charge < -0.3 is 14.8 Å². The van der Waals surface area contributed by atoms with E-state index in [0.717, 1.165) is 5.76 Å². The van der Waals surface area contributed by atoms with Crippen molar-refractivity contribution < 1.29 is 19.1 Å². The van der Waals surface area contributed by atoms with Crippen LogP contribution in [-0.2, 0) is 10.2 Å². The number of furan rings is 1. The number of benzene rings is 1. The van der Waals surface area contributed by atoms with Gasteiger partial charge in [-0.3, -0.25) is 9.59 Å². The van der Waals surface area contributed by atoms with Crippen LogP contribution in [0.15, 0.2) is 40.8 Å². The van der Waals surface area contributed by atoms with Gasteiger partial charge in [0.15, 0.2) is 10.8 Å². The highest BCUT2D eigenvalue weighted by Crippen LogP contribution is 2.30. The zero-order chi connectivity index (χ0) is 19.8. The minimum atomic E-state index is -0.993. The minimum absolute atomic E-state index is 0.259. The molecule has 27 heavy (non-hydrogen) atoms. The molecular weight excluding hydrogens is 364 g/mol. The number of aromatic nitrogens is 1. The van der Waals surface area contributed by atoms with Gasteiger partial charge in [-0.15, -0.1) is 11.3 Å². The normalized spacial score (nSPS) is 11.4. The van der Waals surface area contributed by atoms with Crippen LogP contribution >= 0.6 is 11.3 Å². The van der Waals surface area contributed by atoms with Gasteiger partial charge in [-0.05, 0) is 57.5 Å². The standard InChI is InChI=1S/C20H20N2O4S/c1-11-5-10-15(26-11)18-21-12(2)16(27-18)17(23)22-14-8-6-13(7-9-14)20(3,4)19(24)25/h5-10H,1-4H3,(H,22,23)(H,24,25). The Hall–Kier alpha value is -2.93. The van der Waals surface area contributed by atoms with Crippen LogP contribution in [0, 0.1) is 13.8 Å². The van der Waals surface area contributed by atoms with Crippen LogP contribution in [0.25, 0.3) is 10.8 Å². The summed E-state index contributed by atoms with van der Waals surface area (Å²) in [5.74, 6) is 0.262. The summed E-state index contributed by atoms with van der Waals surface area (Å²) in [6.45, 7) is 6.92. The van der Waals surface area contributed by atoms with E-state index in [-0.39, 0.29) is 5.91 Å². The molecule has 2 N–H and O–H groups in total. The third-order valence-electron chi connectivity index (χ3n) is 4.35. The molecule has 0 aliphatic heterocycles. The fraction of sp³-hybridized carbons (Fsp3) is 0.250. The highest BCUT2D eigenvalue weighted by Gasteiger charge is 2.29. The maximum atomic E-state index is 12.6. The monoisotopic (exact) mass is 384 g/mol. The first-order chi connectivity index (χ1) is 12.7. The molecule has 0 aliphatic rings. The SMILES string of the molecule is Cc1ccc(-c2nc(C)c(C(=O)Nc3ccc(C(C)(C)C(=O)O)cc3)s2)o1. The minimum Gasteiger partial charge on any atom is -0.481 e. The molecule has 0 fully saturated rings. The number of rotatable bonds is 5. The summed E-state index contributed by atoms with van der Waals surface area (Å²) in [6, 6.07) is 10.5. The van der Waals surface area contributed by atoms with E-state index in [1.807, 2.05) is 19.1 Å². The van der Waals surface area contributed by atoms with E-state index in [4.69, 9.17) is 4.42 Å². The Balaban J connectivity index is 1.78. The molecule has 0 spiro atoms. The predicted octanol–water partition coefficient (Wildman–Crippen LogP) is 4.63. The number of anilines is 1. The molecule has 3 aromatic rings. The average molecular weight is 384 g/mol. The Kier molecular flexibility index (Phi) is 4.89. The van der Waals surface area contributed by atoms with Crippen molar-refractivity contribution in [3.63, 3.8) is 0 Å². The lowest BCUT2D eigenvalue weighted by molar-refractivity contribution is -0.142. The lowest BCUT2D eigenvalue weighted by Gasteiger charge is -2.19.